The van der Waals surface area contributed by atoms with E-state index in [1.165, 1.54) is 0 Å². The highest BCUT2D eigenvalue weighted by Gasteiger charge is 2.16. The Kier molecular flexibility index (Phi) is 4.10. The molecule has 1 aromatic heterocycles. The number of nitrogens with two attached hydrogens (primary N) is 1. The van der Waals surface area contributed by atoms with Gasteiger partial charge in [-0.2, -0.15) is 0 Å². The van der Waals surface area contributed by atoms with Gasteiger partial charge in [0.1, 0.15) is 11.5 Å². The Hall–Kier alpha value is -1.97. The molecule has 1 aromatic carbocycles. The van der Waals surface area contributed by atoms with E-state index < -0.39 is 0 Å². The van der Waals surface area contributed by atoms with Gasteiger partial charge in [-0.3, -0.25) is 0 Å². The lowest BCUT2D eigenvalue weighted by molar-refractivity contribution is 0.340. The molecule has 0 fully saturated rings. The fourth-order valence-corrected chi connectivity index (χ4v) is 2.04. The molecular formula is C15H20N2O2. The molecule has 0 aliphatic heterocycles. The van der Waals surface area contributed by atoms with Crippen LogP contribution in [-0.2, 0) is 6.42 Å². The van der Waals surface area contributed by atoms with E-state index in [-0.39, 0.29) is 0 Å². The quantitative estimate of drug-likeness (QED) is 0.893. The Morgan fingerprint density at radius 3 is 2.53 bits per heavy atom. The predicted molar refractivity (Wildman–Crippen MR) is 76.1 cm³/mol. The Bertz CT molecular complexity index is 530. The maximum Gasteiger partial charge on any atom is 0.175 e. The molecule has 102 valence electrons. The molecule has 1 heterocycles. The van der Waals surface area contributed by atoms with Gasteiger partial charge in [-0.05, 0) is 30.5 Å². The smallest absolute Gasteiger partial charge is 0.175 e. The van der Waals surface area contributed by atoms with Crippen molar-refractivity contribution in [2.75, 3.05) is 12.3 Å². The first kappa shape index (κ1) is 13.5. The normalized spacial score (nSPS) is 10.9. The summed E-state index contributed by atoms with van der Waals surface area (Å²) in [7, 11) is 0. The van der Waals surface area contributed by atoms with Gasteiger partial charge in [0, 0.05) is 6.42 Å². The van der Waals surface area contributed by atoms with Gasteiger partial charge < -0.3 is 15.0 Å². The van der Waals surface area contributed by atoms with Crippen LogP contribution >= 0.6 is 0 Å². The van der Waals surface area contributed by atoms with Crippen LogP contribution in [0.2, 0.25) is 0 Å². The Labute approximate surface area is 113 Å². The number of anilines is 1. The molecule has 2 aromatic rings. The molecule has 4 nitrogen and oxygen atoms in total. The summed E-state index contributed by atoms with van der Waals surface area (Å²) in [5.41, 5.74) is 7.82. The number of nitrogen functional groups attached to an aromatic ring is 1. The lowest BCUT2D eigenvalue weighted by atomic mass is 10.0. The van der Waals surface area contributed by atoms with Crippen LogP contribution in [-0.4, -0.2) is 11.8 Å². The van der Waals surface area contributed by atoms with Gasteiger partial charge in [0.15, 0.2) is 5.82 Å². The Morgan fingerprint density at radius 2 is 1.95 bits per heavy atom. The van der Waals surface area contributed by atoms with Crippen molar-refractivity contribution in [3.05, 3.63) is 30.0 Å². The van der Waals surface area contributed by atoms with Gasteiger partial charge in [0.2, 0.25) is 0 Å². The molecule has 0 saturated heterocycles. The SMILES string of the molecule is CCOc1ccc(-c2c(N)noc2CC(C)C)cc1. The molecule has 0 spiro atoms. The van der Waals surface area contributed by atoms with Crippen molar-refractivity contribution in [3.63, 3.8) is 0 Å². The molecule has 0 aliphatic carbocycles. The number of aromatic nitrogens is 1. The van der Waals surface area contributed by atoms with Gasteiger partial charge in [0.25, 0.3) is 0 Å². The van der Waals surface area contributed by atoms with Crippen molar-refractivity contribution in [3.8, 4) is 16.9 Å². The molecule has 0 saturated carbocycles. The highest BCUT2D eigenvalue weighted by Crippen LogP contribution is 2.32. The summed E-state index contributed by atoms with van der Waals surface area (Å²) in [4.78, 5) is 0. The van der Waals surface area contributed by atoms with Gasteiger partial charge in [-0.1, -0.05) is 31.1 Å². The third kappa shape index (κ3) is 3.08. The van der Waals surface area contributed by atoms with Crippen LogP contribution in [0.3, 0.4) is 0 Å². The topological polar surface area (TPSA) is 61.3 Å². The fraction of sp³-hybridized carbons (Fsp3) is 0.400. The molecule has 0 radical (unpaired) electrons. The van der Waals surface area contributed by atoms with Crippen LogP contribution in [0.4, 0.5) is 5.82 Å². The Morgan fingerprint density at radius 1 is 1.26 bits per heavy atom. The van der Waals surface area contributed by atoms with Crippen molar-refractivity contribution >= 4 is 5.82 Å². The van der Waals surface area contributed by atoms with Gasteiger partial charge >= 0.3 is 0 Å². The van der Waals surface area contributed by atoms with Crippen LogP contribution in [0.5, 0.6) is 5.75 Å². The highest BCUT2D eigenvalue weighted by molar-refractivity contribution is 5.75. The molecule has 0 aliphatic rings. The first-order valence-corrected chi connectivity index (χ1v) is 6.59. The molecule has 19 heavy (non-hydrogen) atoms. The van der Waals surface area contributed by atoms with E-state index in [1.54, 1.807) is 0 Å². The van der Waals surface area contributed by atoms with E-state index in [0.717, 1.165) is 29.1 Å². The molecular weight excluding hydrogens is 240 g/mol. The summed E-state index contributed by atoms with van der Waals surface area (Å²) in [6.07, 6.45) is 0.826. The zero-order valence-corrected chi connectivity index (χ0v) is 11.6. The predicted octanol–water partition coefficient (Wildman–Crippen LogP) is 3.52. The molecule has 0 bridgehead atoms. The van der Waals surface area contributed by atoms with Crippen LogP contribution in [0, 0.1) is 5.92 Å². The number of hydrogen-bond acceptors (Lipinski definition) is 4. The van der Waals surface area contributed by atoms with Crippen LogP contribution in [0.25, 0.3) is 11.1 Å². The Balaban J connectivity index is 2.32. The van der Waals surface area contributed by atoms with E-state index >= 15 is 0 Å². The minimum atomic E-state index is 0.444. The number of rotatable bonds is 5. The lowest BCUT2D eigenvalue weighted by Gasteiger charge is -2.06. The molecule has 0 amide bonds. The van der Waals surface area contributed by atoms with Gasteiger partial charge in [-0.15, -0.1) is 0 Å². The van der Waals surface area contributed by atoms with Crippen molar-refractivity contribution in [2.45, 2.75) is 27.2 Å². The van der Waals surface area contributed by atoms with E-state index in [4.69, 9.17) is 15.0 Å². The third-order valence-corrected chi connectivity index (χ3v) is 2.84. The van der Waals surface area contributed by atoms with E-state index in [9.17, 15) is 0 Å². The largest absolute Gasteiger partial charge is 0.494 e. The second kappa shape index (κ2) is 5.78. The average molecular weight is 260 g/mol. The average Bonchev–Trinajstić information content (AvgIpc) is 2.71. The number of ether oxygens (including phenoxy) is 1. The molecule has 0 atom stereocenters. The highest BCUT2D eigenvalue weighted by atomic mass is 16.5. The third-order valence-electron chi connectivity index (χ3n) is 2.84. The van der Waals surface area contributed by atoms with Crippen LogP contribution in [0.15, 0.2) is 28.8 Å². The molecule has 2 rings (SSSR count). The fourth-order valence-electron chi connectivity index (χ4n) is 2.04. The molecule has 0 unspecified atom stereocenters. The summed E-state index contributed by atoms with van der Waals surface area (Å²) in [5, 5.41) is 3.88. The van der Waals surface area contributed by atoms with Crippen molar-refractivity contribution < 1.29 is 9.26 Å². The zero-order chi connectivity index (χ0) is 13.8. The standard InChI is InChI=1S/C15H20N2O2/c1-4-18-12-7-5-11(6-8-12)14-13(9-10(2)3)19-17-15(14)16/h5-8,10H,4,9H2,1-3H3,(H2,16,17). The van der Waals surface area contributed by atoms with Crippen LogP contribution in [0.1, 0.15) is 26.5 Å². The van der Waals surface area contributed by atoms with Gasteiger partial charge in [-0.25, -0.2) is 0 Å². The molecule has 2 N–H and O–H groups in total. The summed E-state index contributed by atoms with van der Waals surface area (Å²) in [6.45, 7) is 6.90. The lowest BCUT2D eigenvalue weighted by Crippen LogP contribution is -1.96. The monoisotopic (exact) mass is 260 g/mol. The van der Waals surface area contributed by atoms with E-state index in [0.29, 0.717) is 18.3 Å². The van der Waals surface area contributed by atoms with E-state index in [1.807, 2.05) is 31.2 Å². The molecule has 4 heteroatoms. The maximum absolute atomic E-state index is 5.91. The number of benzene rings is 1. The summed E-state index contributed by atoms with van der Waals surface area (Å²) >= 11 is 0. The maximum atomic E-state index is 5.91. The minimum Gasteiger partial charge on any atom is -0.494 e. The van der Waals surface area contributed by atoms with Crippen LogP contribution < -0.4 is 10.5 Å². The first-order chi connectivity index (χ1) is 9.11. The van der Waals surface area contributed by atoms with Gasteiger partial charge in [0.05, 0.1) is 12.2 Å². The summed E-state index contributed by atoms with van der Waals surface area (Å²) < 4.78 is 10.8. The zero-order valence-electron chi connectivity index (χ0n) is 11.6. The first-order valence-electron chi connectivity index (χ1n) is 6.59. The summed E-state index contributed by atoms with van der Waals surface area (Å²) in [6, 6.07) is 7.84. The second-order valence-electron chi connectivity index (χ2n) is 4.92. The van der Waals surface area contributed by atoms with Crippen molar-refractivity contribution in [1.29, 1.82) is 0 Å². The van der Waals surface area contributed by atoms with Crippen molar-refractivity contribution in [1.82, 2.24) is 5.16 Å². The second-order valence-corrected chi connectivity index (χ2v) is 4.92. The van der Waals surface area contributed by atoms with Crippen molar-refractivity contribution in [2.24, 2.45) is 5.92 Å². The number of hydrogen-bond donors (Lipinski definition) is 1. The van der Waals surface area contributed by atoms with E-state index in [2.05, 4.69) is 19.0 Å². The number of nitrogens with zero attached hydrogens (tertiary/aromatic N) is 1. The summed E-state index contributed by atoms with van der Waals surface area (Å²) in [5.74, 6) is 2.64. The minimum absolute atomic E-state index is 0.444.